The largest absolute Gasteiger partial charge is 0.479 e. The number of hydrogen-bond acceptors (Lipinski definition) is 3. The van der Waals surface area contributed by atoms with Gasteiger partial charge in [0.05, 0.1) is 6.10 Å². The Morgan fingerprint density at radius 3 is 2.54 bits per heavy atom. The van der Waals surface area contributed by atoms with Gasteiger partial charge in [-0.1, -0.05) is 0 Å². The lowest BCUT2D eigenvalue weighted by molar-refractivity contribution is -0.154. The number of carbonyl (C=O) groups is 1. The van der Waals surface area contributed by atoms with Gasteiger partial charge in [0.2, 0.25) is 0 Å². The maximum atomic E-state index is 10.5. The van der Waals surface area contributed by atoms with Crippen LogP contribution >= 0.6 is 0 Å². The molecule has 0 amide bonds. The summed E-state index contributed by atoms with van der Waals surface area (Å²) in [5, 5.41) is 8.63. The lowest BCUT2D eigenvalue weighted by Gasteiger charge is -2.29. The number of rotatable bonds is 3. The standard InChI is InChI=1S/C9H17NO3/c1-7(9(11)12)13-8-3-5-10(2)6-4-8/h7-8H,3-6H2,1-2H3,(H,11,12). The topological polar surface area (TPSA) is 49.8 Å². The van der Waals surface area contributed by atoms with Gasteiger partial charge in [0.1, 0.15) is 0 Å². The molecular formula is C9H17NO3. The van der Waals surface area contributed by atoms with Crippen molar-refractivity contribution in [2.75, 3.05) is 20.1 Å². The van der Waals surface area contributed by atoms with Gasteiger partial charge < -0.3 is 14.7 Å². The summed E-state index contributed by atoms with van der Waals surface area (Å²) in [7, 11) is 2.07. The van der Waals surface area contributed by atoms with Crippen LogP contribution in [-0.4, -0.2) is 48.3 Å². The second-order valence-corrected chi connectivity index (χ2v) is 3.62. The fourth-order valence-corrected chi connectivity index (χ4v) is 1.47. The first-order valence-corrected chi connectivity index (χ1v) is 4.66. The highest BCUT2D eigenvalue weighted by Gasteiger charge is 2.21. The molecule has 0 aromatic carbocycles. The van der Waals surface area contributed by atoms with E-state index in [4.69, 9.17) is 9.84 Å². The number of nitrogens with zero attached hydrogens (tertiary/aromatic N) is 1. The van der Waals surface area contributed by atoms with Gasteiger partial charge in [-0.15, -0.1) is 0 Å². The summed E-state index contributed by atoms with van der Waals surface area (Å²) in [5.74, 6) is -0.876. The summed E-state index contributed by atoms with van der Waals surface area (Å²) >= 11 is 0. The van der Waals surface area contributed by atoms with Crippen LogP contribution < -0.4 is 0 Å². The van der Waals surface area contributed by atoms with Crippen LogP contribution in [0.2, 0.25) is 0 Å². The minimum atomic E-state index is -0.876. The zero-order chi connectivity index (χ0) is 9.84. The van der Waals surface area contributed by atoms with E-state index in [2.05, 4.69) is 11.9 Å². The van der Waals surface area contributed by atoms with Crippen LogP contribution in [0.15, 0.2) is 0 Å². The Hall–Kier alpha value is -0.610. The van der Waals surface area contributed by atoms with Crippen molar-refractivity contribution in [1.29, 1.82) is 0 Å². The average molecular weight is 187 g/mol. The molecule has 1 atom stereocenters. The maximum absolute atomic E-state index is 10.5. The van der Waals surface area contributed by atoms with Gasteiger partial charge in [-0.05, 0) is 26.8 Å². The van der Waals surface area contributed by atoms with Gasteiger partial charge in [0.15, 0.2) is 6.10 Å². The fourth-order valence-electron chi connectivity index (χ4n) is 1.47. The number of piperidine rings is 1. The highest BCUT2D eigenvalue weighted by atomic mass is 16.5. The number of carboxylic acids is 1. The summed E-state index contributed by atoms with van der Waals surface area (Å²) in [5.41, 5.74) is 0. The Balaban J connectivity index is 2.26. The Morgan fingerprint density at radius 1 is 1.54 bits per heavy atom. The molecule has 1 aliphatic heterocycles. The zero-order valence-electron chi connectivity index (χ0n) is 8.19. The van der Waals surface area contributed by atoms with Crippen molar-refractivity contribution in [3.05, 3.63) is 0 Å². The van der Waals surface area contributed by atoms with Crippen molar-refractivity contribution in [3.8, 4) is 0 Å². The molecule has 1 unspecified atom stereocenters. The molecule has 0 aromatic rings. The Morgan fingerprint density at radius 2 is 2.08 bits per heavy atom. The van der Waals surface area contributed by atoms with E-state index in [0.29, 0.717) is 0 Å². The number of carboxylic acid groups (broad SMARTS) is 1. The summed E-state index contributed by atoms with van der Waals surface area (Å²) in [4.78, 5) is 12.7. The van der Waals surface area contributed by atoms with Crippen molar-refractivity contribution >= 4 is 5.97 Å². The average Bonchev–Trinajstić information content (AvgIpc) is 2.08. The molecular weight excluding hydrogens is 170 g/mol. The van der Waals surface area contributed by atoms with E-state index in [1.807, 2.05) is 0 Å². The first-order chi connectivity index (χ1) is 6.09. The van der Waals surface area contributed by atoms with E-state index in [9.17, 15) is 4.79 Å². The van der Waals surface area contributed by atoms with E-state index in [0.717, 1.165) is 25.9 Å². The van der Waals surface area contributed by atoms with E-state index >= 15 is 0 Å². The van der Waals surface area contributed by atoms with Crippen molar-refractivity contribution in [2.45, 2.75) is 32.0 Å². The molecule has 4 heteroatoms. The Bertz CT molecular complexity index is 176. The molecule has 0 aromatic heterocycles. The molecule has 0 spiro atoms. The van der Waals surface area contributed by atoms with Crippen molar-refractivity contribution in [1.82, 2.24) is 4.90 Å². The molecule has 1 saturated heterocycles. The van der Waals surface area contributed by atoms with E-state index in [-0.39, 0.29) is 6.10 Å². The molecule has 13 heavy (non-hydrogen) atoms. The van der Waals surface area contributed by atoms with Crippen LogP contribution in [0, 0.1) is 0 Å². The highest BCUT2D eigenvalue weighted by molar-refractivity contribution is 5.71. The second kappa shape index (κ2) is 4.58. The molecule has 1 N–H and O–H groups in total. The summed E-state index contributed by atoms with van der Waals surface area (Å²) in [6.07, 6.45) is 1.33. The third-order valence-corrected chi connectivity index (χ3v) is 2.41. The SMILES string of the molecule is CC(OC1CCN(C)CC1)C(=O)O. The van der Waals surface area contributed by atoms with Crippen LogP contribution in [0.3, 0.4) is 0 Å². The molecule has 76 valence electrons. The predicted octanol–water partition coefficient (Wildman–Crippen LogP) is 0.570. The maximum Gasteiger partial charge on any atom is 0.332 e. The molecule has 1 heterocycles. The Labute approximate surface area is 78.5 Å². The van der Waals surface area contributed by atoms with Gasteiger partial charge in [-0.3, -0.25) is 0 Å². The minimum Gasteiger partial charge on any atom is -0.479 e. The van der Waals surface area contributed by atoms with Gasteiger partial charge in [-0.25, -0.2) is 4.79 Å². The lowest BCUT2D eigenvalue weighted by atomic mass is 10.1. The molecule has 1 fully saturated rings. The summed E-state index contributed by atoms with van der Waals surface area (Å²) in [6, 6.07) is 0. The lowest BCUT2D eigenvalue weighted by Crippen LogP contribution is -2.37. The fraction of sp³-hybridized carbons (Fsp3) is 0.889. The van der Waals surface area contributed by atoms with Crippen molar-refractivity contribution in [3.63, 3.8) is 0 Å². The summed E-state index contributed by atoms with van der Waals surface area (Å²) < 4.78 is 5.37. The Kier molecular flexibility index (Phi) is 3.69. The van der Waals surface area contributed by atoms with E-state index in [1.54, 1.807) is 6.92 Å². The predicted molar refractivity (Wildman–Crippen MR) is 48.7 cm³/mol. The molecule has 0 saturated carbocycles. The third-order valence-electron chi connectivity index (χ3n) is 2.41. The van der Waals surface area contributed by atoms with Gasteiger partial charge in [-0.2, -0.15) is 0 Å². The van der Waals surface area contributed by atoms with Crippen molar-refractivity contribution < 1.29 is 14.6 Å². The monoisotopic (exact) mass is 187 g/mol. The number of hydrogen-bond donors (Lipinski definition) is 1. The first kappa shape index (κ1) is 10.5. The number of ether oxygens (including phenoxy) is 1. The van der Waals surface area contributed by atoms with Crippen LogP contribution in [0.5, 0.6) is 0 Å². The molecule has 0 aliphatic carbocycles. The van der Waals surface area contributed by atoms with Gasteiger partial charge >= 0.3 is 5.97 Å². The van der Waals surface area contributed by atoms with E-state index in [1.165, 1.54) is 0 Å². The van der Waals surface area contributed by atoms with Crippen LogP contribution in [0.4, 0.5) is 0 Å². The summed E-state index contributed by atoms with van der Waals surface area (Å²) in [6.45, 7) is 3.58. The molecule has 4 nitrogen and oxygen atoms in total. The van der Waals surface area contributed by atoms with Crippen LogP contribution in [0.1, 0.15) is 19.8 Å². The van der Waals surface area contributed by atoms with Crippen molar-refractivity contribution in [2.24, 2.45) is 0 Å². The highest BCUT2D eigenvalue weighted by Crippen LogP contribution is 2.13. The van der Waals surface area contributed by atoms with Crippen LogP contribution in [-0.2, 0) is 9.53 Å². The molecule has 0 bridgehead atoms. The number of likely N-dealkylation sites (tertiary alicyclic amines) is 1. The minimum absolute atomic E-state index is 0.127. The molecule has 0 radical (unpaired) electrons. The normalized spacial score (nSPS) is 22.9. The first-order valence-electron chi connectivity index (χ1n) is 4.66. The third kappa shape index (κ3) is 3.32. The number of aliphatic carboxylic acids is 1. The zero-order valence-corrected chi connectivity index (χ0v) is 8.19. The van der Waals surface area contributed by atoms with Crippen LogP contribution in [0.25, 0.3) is 0 Å². The molecule has 1 rings (SSSR count). The quantitative estimate of drug-likeness (QED) is 0.701. The van der Waals surface area contributed by atoms with E-state index < -0.39 is 12.1 Å². The smallest absolute Gasteiger partial charge is 0.332 e. The molecule has 1 aliphatic rings. The van der Waals surface area contributed by atoms with Gasteiger partial charge in [0.25, 0.3) is 0 Å². The van der Waals surface area contributed by atoms with Gasteiger partial charge in [0, 0.05) is 13.1 Å². The second-order valence-electron chi connectivity index (χ2n) is 3.62.